The maximum absolute atomic E-state index is 13.4. The first-order chi connectivity index (χ1) is 9.81. The zero-order chi connectivity index (χ0) is 15.7. The molecule has 1 amide bonds. The summed E-state index contributed by atoms with van der Waals surface area (Å²) in [4.78, 5) is 24.3. The first-order valence-electron chi connectivity index (χ1n) is 6.84. The van der Waals surface area contributed by atoms with Crippen LogP contribution < -0.4 is 5.73 Å². The van der Waals surface area contributed by atoms with Gasteiger partial charge in [0.15, 0.2) is 5.82 Å². The van der Waals surface area contributed by atoms with Crippen LogP contribution in [-0.4, -0.2) is 28.8 Å². The second kappa shape index (κ2) is 5.67. The molecule has 0 spiro atoms. The molecule has 1 unspecified atom stereocenters. The molecular formula is C14H18FN3O3. The third-order valence-corrected chi connectivity index (χ3v) is 4.00. The fraction of sp³-hybridized carbons (Fsp3) is 0.500. The molecule has 1 atom stereocenters. The minimum atomic E-state index is -0.889. The van der Waals surface area contributed by atoms with Gasteiger partial charge < -0.3 is 10.6 Å². The van der Waals surface area contributed by atoms with Gasteiger partial charge in [0.05, 0.1) is 16.7 Å². The van der Waals surface area contributed by atoms with Gasteiger partial charge in [-0.1, -0.05) is 13.8 Å². The van der Waals surface area contributed by atoms with Crippen LogP contribution in [-0.2, 0) is 0 Å². The van der Waals surface area contributed by atoms with Gasteiger partial charge in [-0.3, -0.25) is 14.9 Å². The summed E-state index contributed by atoms with van der Waals surface area (Å²) in [5.74, 6) is -0.529. The Morgan fingerprint density at radius 1 is 1.52 bits per heavy atom. The second-order valence-electron chi connectivity index (χ2n) is 5.69. The number of halogens is 1. The monoisotopic (exact) mass is 295 g/mol. The maximum Gasteiger partial charge on any atom is 0.285 e. The minimum Gasteiger partial charge on any atom is -0.396 e. The Morgan fingerprint density at radius 3 is 2.71 bits per heavy atom. The number of benzene rings is 1. The van der Waals surface area contributed by atoms with Gasteiger partial charge in [0.1, 0.15) is 5.56 Å². The van der Waals surface area contributed by atoms with Gasteiger partial charge in [0.25, 0.3) is 11.6 Å². The summed E-state index contributed by atoms with van der Waals surface area (Å²) in [5, 5.41) is 11.0. The molecule has 0 saturated carbocycles. The molecule has 21 heavy (non-hydrogen) atoms. The van der Waals surface area contributed by atoms with Crippen molar-refractivity contribution in [1.29, 1.82) is 0 Å². The molecule has 1 aliphatic heterocycles. The molecule has 6 nitrogen and oxygen atoms in total. The SMILES string of the molecule is CC(C)C1CCN(C(=O)c2cc(N)c(F)cc2[N+](=O)[O-])C1. The quantitative estimate of drug-likeness (QED) is 0.527. The van der Waals surface area contributed by atoms with Crippen LogP contribution >= 0.6 is 0 Å². The van der Waals surface area contributed by atoms with E-state index in [0.29, 0.717) is 31.0 Å². The summed E-state index contributed by atoms with van der Waals surface area (Å²) in [6, 6.07) is 1.76. The number of nitrogen functional groups attached to an aromatic ring is 1. The molecular weight excluding hydrogens is 277 g/mol. The molecule has 0 bridgehead atoms. The number of amides is 1. The molecule has 0 radical (unpaired) electrons. The highest BCUT2D eigenvalue weighted by Crippen LogP contribution is 2.29. The van der Waals surface area contributed by atoms with Crippen LogP contribution in [0.25, 0.3) is 0 Å². The third-order valence-electron chi connectivity index (χ3n) is 4.00. The Balaban J connectivity index is 2.31. The van der Waals surface area contributed by atoms with Crippen molar-refractivity contribution in [2.45, 2.75) is 20.3 Å². The number of carbonyl (C=O) groups excluding carboxylic acids is 1. The van der Waals surface area contributed by atoms with Crippen LogP contribution in [0, 0.1) is 27.8 Å². The summed E-state index contributed by atoms with van der Waals surface area (Å²) in [6.07, 6.45) is 0.869. The first-order valence-corrected chi connectivity index (χ1v) is 6.84. The fourth-order valence-corrected chi connectivity index (χ4v) is 2.59. The lowest BCUT2D eigenvalue weighted by Gasteiger charge is -2.18. The van der Waals surface area contributed by atoms with Crippen molar-refractivity contribution >= 4 is 17.3 Å². The number of nitro groups is 1. The Bertz CT molecular complexity index is 589. The number of hydrogen-bond donors (Lipinski definition) is 1. The minimum absolute atomic E-state index is 0.150. The molecule has 7 heteroatoms. The lowest BCUT2D eigenvalue weighted by molar-refractivity contribution is -0.385. The number of hydrogen-bond acceptors (Lipinski definition) is 4. The average Bonchev–Trinajstić information content (AvgIpc) is 2.90. The van der Waals surface area contributed by atoms with Crippen molar-refractivity contribution in [3.63, 3.8) is 0 Å². The van der Waals surface area contributed by atoms with Crippen molar-refractivity contribution in [2.24, 2.45) is 11.8 Å². The summed E-state index contributed by atoms with van der Waals surface area (Å²) >= 11 is 0. The zero-order valence-corrected chi connectivity index (χ0v) is 12.0. The zero-order valence-electron chi connectivity index (χ0n) is 12.0. The average molecular weight is 295 g/mol. The predicted octanol–water partition coefficient (Wildman–Crippen LogP) is 2.43. The topological polar surface area (TPSA) is 89.5 Å². The molecule has 114 valence electrons. The van der Waals surface area contributed by atoms with Crippen LogP contribution in [0.5, 0.6) is 0 Å². The van der Waals surface area contributed by atoms with E-state index in [-0.39, 0.29) is 11.3 Å². The van der Waals surface area contributed by atoms with Crippen molar-refractivity contribution in [3.05, 3.63) is 33.6 Å². The van der Waals surface area contributed by atoms with E-state index in [1.54, 1.807) is 4.90 Å². The normalized spacial score (nSPS) is 18.3. The molecule has 1 fully saturated rings. The number of carbonyl (C=O) groups is 1. The summed E-state index contributed by atoms with van der Waals surface area (Å²) in [7, 11) is 0. The molecule has 2 rings (SSSR count). The number of nitro benzene ring substituents is 1. The van der Waals surface area contributed by atoms with E-state index in [1.807, 2.05) is 0 Å². The second-order valence-corrected chi connectivity index (χ2v) is 5.69. The van der Waals surface area contributed by atoms with E-state index in [0.717, 1.165) is 12.5 Å². The Hall–Kier alpha value is -2.18. The van der Waals surface area contributed by atoms with Crippen molar-refractivity contribution in [2.75, 3.05) is 18.8 Å². The van der Waals surface area contributed by atoms with Crippen molar-refractivity contribution in [1.82, 2.24) is 4.90 Å². The molecule has 1 aromatic rings. The number of likely N-dealkylation sites (tertiary alicyclic amines) is 1. The Kier molecular flexibility index (Phi) is 4.11. The van der Waals surface area contributed by atoms with Gasteiger partial charge in [-0.05, 0) is 24.3 Å². The molecule has 0 aromatic heterocycles. The van der Waals surface area contributed by atoms with Gasteiger partial charge >= 0.3 is 0 Å². The number of rotatable bonds is 3. The largest absolute Gasteiger partial charge is 0.396 e. The Labute approximate surface area is 121 Å². The van der Waals surface area contributed by atoms with Crippen LogP contribution in [0.4, 0.5) is 15.8 Å². The summed E-state index contributed by atoms with van der Waals surface area (Å²) in [5.41, 5.74) is 4.48. The van der Waals surface area contributed by atoms with Crippen LogP contribution in [0.1, 0.15) is 30.6 Å². The van der Waals surface area contributed by atoms with Gasteiger partial charge in [-0.25, -0.2) is 4.39 Å². The number of nitrogens with zero attached hydrogens (tertiary/aromatic N) is 2. The van der Waals surface area contributed by atoms with Gasteiger partial charge in [0.2, 0.25) is 0 Å². The van der Waals surface area contributed by atoms with Crippen LogP contribution in [0.15, 0.2) is 12.1 Å². The fourth-order valence-electron chi connectivity index (χ4n) is 2.59. The number of anilines is 1. The smallest absolute Gasteiger partial charge is 0.285 e. The summed E-state index contributed by atoms with van der Waals surface area (Å²) in [6.45, 7) is 5.27. The standard InChI is InChI=1S/C14H18FN3O3/c1-8(2)9-3-4-17(7-9)14(19)10-5-12(16)11(15)6-13(10)18(20)21/h5-6,8-9H,3-4,7,16H2,1-2H3. The van der Waals surface area contributed by atoms with Crippen molar-refractivity contribution in [3.8, 4) is 0 Å². The first kappa shape index (κ1) is 15.2. The molecule has 1 aliphatic rings. The summed E-state index contributed by atoms with van der Waals surface area (Å²) < 4.78 is 13.4. The highest BCUT2D eigenvalue weighted by Gasteiger charge is 2.32. The van der Waals surface area contributed by atoms with E-state index in [4.69, 9.17) is 5.73 Å². The molecule has 1 heterocycles. The van der Waals surface area contributed by atoms with E-state index >= 15 is 0 Å². The number of nitrogens with two attached hydrogens (primary N) is 1. The van der Waals surface area contributed by atoms with E-state index in [9.17, 15) is 19.3 Å². The molecule has 1 saturated heterocycles. The lowest BCUT2D eigenvalue weighted by atomic mass is 9.95. The van der Waals surface area contributed by atoms with E-state index < -0.39 is 22.3 Å². The third kappa shape index (κ3) is 2.96. The van der Waals surface area contributed by atoms with Crippen molar-refractivity contribution < 1.29 is 14.1 Å². The highest BCUT2D eigenvalue weighted by atomic mass is 19.1. The van der Waals surface area contributed by atoms with Gasteiger partial charge in [-0.15, -0.1) is 0 Å². The molecule has 2 N–H and O–H groups in total. The lowest BCUT2D eigenvalue weighted by Crippen LogP contribution is -2.30. The molecule has 0 aliphatic carbocycles. The van der Waals surface area contributed by atoms with Crippen LogP contribution in [0.3, 0.4) is 0 Å². The molecule has 1 aromatic carbocycles. The Morgan fingerprint density at radius 2 is 2.19 bits per heavy atom. The maximum atomic E-state index is 13.4. The van der Waals surface area contributed by atoms with E-state index in [1.165, 1.54) is 0 Å². The predicted molar refractivity (Wildman–Crippen MR) is 76.3 cm³/mol. The highest BCUT2D eigenvalue weighted by molar-refractivity contribution is 5.99. The van der Waals surface area contributed by atoms with E-state index in [2.05, 4.69) is 13.8 Å². The van der Waals surface area contributed by atoms with Gasteiger partial charge in [-0.2, -0.15) is 0 Å². The van der Waals surface area contributed by atoms with Crippen LogP contribution in [0.2, 0.25) is 0 Å². The van der Waals surface area contributed by atoms with Gasteiger partial charge in [0, 0.05) is 13.1 Å².